The summed E-state index contributed by atoms with van der Waals surface area (Å²) in [5.74, 6) is -0.965. The van der Waals surface area contributed by atoms with Crippen molar-refractivity contribution in [3.63, 3.8) is 0 Å². The molecule has 0 aromatic rings. The van der Waals surface area contributed by atoms with Gasteiger partial charge in [-0.15, -0.1) is 0 Å². The van der Waals surface area contributed by atoms with Crippen molar-refractivity contribution in [2.24, 2.45) is 0 Å². The van der Waals surface area contributed by atoms with E-state index < -0.39 is 19.7 Å². The van der Waals surface area contributed by atoms with Crippen LogP contribution in [0.4, 0.5) is 0 Å². The molecule has 1 heterocycles. The predicted octanol–water partition coefficient (Wildman–Crippen LogP) is 0.273. The first-order valence-corrected chi connectivity index (χ1v) is 4.95. The van der Waals surface area contributed by atoms with E-state index in [-0.39, 0.29) is 0 Å². The normalized spacial score (nSPS) is 32.6. The smallest absolute Gasteiger partial charge is 0.354 e. The van der Waals surface area contributed by atoms with Crippen LogP contribution >= 0.6 is 7.60 Å². The summed E-state index contributed by atoms with van der Waals surface area (Å²) in [5, 5.41) is 0. The van der Waals surface area contributed by atoms with Gasteiger partial charge in [-0.25, -0.2) is 0 Å². The van der Waals surface area contributed by atoms with E-state index in [0.717, 1.165) is 0 Å². The molecule has 0 bridgehead atoms. The standard InChI is InChI=1S/C5H11O5P/c1-9-4-2-3-5(10-4)11(6,7)8/h4-5H,2-3H2,1H3,(H2,6,7,8). The van der Waals surface area contributed by atoms with Gasteiger partial charge in [0.1, 0.15) is 0 Å². The van der Waals surface area contributed by atoms with Crippen LogP contribution in [0.25, 0.3) is 0 Å². The van der Waals surface area contributed by atoms with Crippen molar-refractivity contribution in [1.29, 1.82) is 0 Å². The Hall–Kier alpha value is 0.0700. The number of hydrogen-bond acceptors (Lipinski definition) is 3. The second-order valence-corrected chi connectivity index (χ2v) is 4.18. The number of rotatable bonds is 2. The third kappa shape index (κ3) is 2.25. The molecule has 2 atom stereocenters. The first-order chi connectivity index (χ1) is 5.04. The molecule has 0 radical (unpaired) electrons. The lowest BCUT2D eigenvalue weighted by Gasteiger charge is -2.12. The van der Waals surface area contributed by atoms with Crippen molar-refractivity contribution in [3.8, 4) is 0 Å². The van der Waals surface area contributed by atoms with Crippen LogP contribution < -0.4 is 0 Å². The number of hydrogen-bond donors (Lipinski definition) is 2. The summed E-state index contributed by atoms with van der Waals surface area (Å²) in [6.45, 7) is 0. The molecule has 1 aliphatic rings. The SMILES string of the molecule is COC1CCC(P(=O)(O)O)O1. The van der Waals surface area contributed by atoms with Gasteiger partial charge >= 0.3 is 7.60 Å². The quantitative estimate of drug-likeness (QED) is 0.599. The van der Waals surface area contributed by atoms with E-state index in [1.807, 2.05) is 0 Å². The molecule has 2 N–H and O–H groups in total. The maximum atomic E-state index is 10.6. The van der Waals surface area contributed by atoms with E-state index in [4.69, 9.17) is 19.3 Å². The highest BCUT2D eigenvalue weighted by Crippen LogP contribution is 2.47. The van der Waals surface area contributed by atoms with Crippen LogP contribution in [0.1, 0.15) is 12.8 Å². The molecule has 0 spiro atoms. The molecule has 66 valence electrons. The van der Waals surface area contributed by atoms with Gasteiger partial charge in [0.2, 0.25) is 0 Å². The van der Waals surface area contributed by atoms with E-state index in [1.54, 1.807) is 0 Å². The molecule has 0 amide bonds. The second-order valence-electron chi connectivity index (χ2n) is 2.42. The van der Waals surface area contributed by atoms with E-state index >= 15 is 0 Å². The molecule has 0 aromatic carbocycles. The number of methoxy groups -OCH3 is 1. The first-order valence-electron chi connectivity index (χ1n) is 3.27. The average Bonchev–Trinajstić information content (AvgIpc) is 2.32. The van der Waals surface area contributed by atoms with E-state index in [1.165, 1.54) is 7.11 Å². The van der Waals surface area contributed by atoms with Gasteiger partial charge < -0.3 is 19.3 Å². The zero-order chi connectivity index (χ0) is 8.48. The molecule has 11 heavy (non-hydrogen) atoms. The predicted molar refractivity (Wildman–Crippen MR) is 36.9 cm³/mol. The third-order valence-electron chi connectivity index (χ3n) is 1.60. The number of ether oxygens (including phenoxy) is 2. The summed E-state index contributed by atoms with van der Waals surface area (Å²) in [7, 11) is -2.61. The Labute approximate surface area is 64.5 Å². The molecule has 1 fully saturated rings. The van der Waals surface area contributed by atoms with Gasteiger partial charge in [-0.05, 0) is 6.42 Å². The average molecular weight is 182 g/mol. The maximum absolute atomic E-state index is 10.6. The summed E-state index contributed by atoms with van der Waals surface area (Å²) in [6.07, 6.45) is 0.460. The largest absolute Gasteiger partial charge is 0.356 e. The summed E-state index contributed by atoms with van der Waals surface area (Å²) < 4.78 is 20.3. The minimum Gasteiger partial charge on any atom is -0.356 e. The summed E-state index contributed by atoms with van der Waals surface area (Å²) in [6, 6.07) is 0. The van der Waals surface area contributed by atoms with Gasteiger partial charge in [0.05, 0.1) is 0 Å². The summed E-state index contributed by atoms with van der Waals surface area (Å²) in [4.78, 5) is 17.3. The highest BCUT2D eigenvalue weighted by Gasteiger charge is 2.37. The van der Waals surface area contributed by atoms with Crippen LogP contribution in [0.3, 0.4) is 0 Å². The highest BCUT2D eigenvalue weighted by atomic mass is 31.2. The maximum Gasteiger partial charge on any atom is 0.354 e. The van der Waals surface area contributed by atoms with E-state index in [9.17, 15) is 4.57 Å². The van der Waals surface area contributed by atoms with E-state index in [2.05, 4.69) is 0 Å². The topological polar surface area (TPSA) is 76.0 Å². The molecular weight excluding hydrogens is 171 g/mol. The monoisotopic (exact) mass is 182 g/mol. The van der Waals surface area contributed by atoms with Crippen LogP contribution in [-0.2, 0) is 14.0 Å². The lowest BCUT2D eigenvalue weighted by molar-refractivity contribution is -0.101. The Morgan fingerprint density at radius 1 is 1.55 bits per heavy atom. The Balaban J connectivity index is 2.48. The Morgan fingerprint density at radius 2 is 2.18 bits per heavy atom. The lowest BCUT2D eigenvalue weighted by atomic mass is 10.4. The first kappa shape index (κ1) is 9.16. The molecule has 1 aliphatic heterocycles. The highest BCUT2D eigenvalue weighted by molar-refractivity contribution is 7.52. The summed E-state index contributed by atoms with van der Waals surface area (Å²) in [5.41, 5.74) is 0. The van der Waals surface area contributed by atoms with Gasteiger partial charge in [-0.2, -0.15) is 0 Å². The minimum absolute atomic E-state index is 0.364. The molecule has 1 saturated heterocycles. The van der Waals surface area contributed by atoms with Crippen LogP contribution in [0.2, 0.25) is 0 Å². The van der Waals surface area contributed by atoms with Crippen LogP contribution in [0.5, 0.6) is 0 Å². The van der Waals surface area contributed by atoms with Gasteiger partial charge in [-0.1, -0.05) is 0 Å². The second kappa shape index (κ2) is 3.21. The van der Waals surface area contributed by atoms with Crippen molar-refractivity contribution in [3.05, 3.63) is 0 Å². The lowest BCUT2D eigenvalue weighted by Crippen LogP contribution is -2.12. The fourth-order valence-electron chi connectivity index (χ4n) is 1.01. The Morgan fingerprint density at radius 3 is 2.45 bits per heavy atom. The fourth-order valence-corrected chi connectivity index (χ4v) is 1.79. The van der Waals surface area contributed by atoms with Crippen LogP contribution in [0, 0.1) is 0 Å². The van der Waals surface area contributed by atoms with Gasteiger partial charge in [-0.3, -0.25) is 4.57 Å². The van der Waals surface area contributed by atoms with E-state index in [0.29, 0.717) is 12.8 Å². The van der Waals surface area contributed by atoms with Crippen LogP contribution in [0.15, 0.2) is 0 Å². The molecule has 6 heteroatoms. The fraction of sp³-hybridized carbons (Fsp3) is 1.00. The third-order valence-corrected chi connectivity index (χ3v) is 2.73. The van der Waals surface area contributed by atoms with Gasteiger partial charge in [0, 0.05) is 13.5 Å². The molecular formula is C5H11O5P. The zero-order valence-electron chi connectivity index (χ0n) is 6.14. The van der Waals surface area contributed by atoms with Crippen molar-refractivity contribution in [1.82, 2.24) is 0 Å². The van der Waals surface area contributed by atoms with Crippen molar-refractivity contribution < 1.29 is 23.8 Å². The molecule has 5 nitrogen and oxygen atoms in total. The molecule has 2 unspecified atom stereocenters. The van der Waals surface area contributed by atoms with Crippen molar-refractivity contribution in [2.75, 3.05) is 7.11 Å². The van der Waals surface area contributed by atoms with Crippen molar-refractivity contribution >= 4 is 7.60 Å². The zero-order valence-corrected chi connectivity index (χ0v) is 7.03. The Kier molecular flexibility index (Phi) is 2.67. The molecule has 0 saturated carbocycles. The molecule has 0 aliphatic carbocycles. The molecule has 0 aromatic heterocycles. The summed E-state index contributed by atoms with van der Waals surface area (Å²) >= 11 is 0. The van der Waals surface area contributed by atoms with Crippen LogP contribution in [-0.4, -0.2) is 29.0 Å². The van der Waals surface area contributed by atoms with Gasteiger partial charge in [0.25, 0.3) is 0 Å². The Bertz CT molecular complexity index is 176. The minimum atomic E-state index is -4.07. The van der Waals surface area contributed by atoms with Crippen molar-refractivity contribution in [2.45, 2.75) is 25.0 Å². The van der Waals surface area contributed by atoms with Gasteiger partial charge in [0.15, 0.2) is 12.1 Å². The molecule has 1 rings (SSSR count).